The van der Waals surface area contributed by atoms with E-state index in [0.29, 0.717) is 35.6 Å². The summed E-state index contributed by atoms with van der Waals surface area (Å²) in [6, 6.07) is 0.803. The van der Waals surface area contributed by atoms with E-state index in [9.17, 15) is 28.2 Å². The first-order valence-corrected chi connectivity index (χ1v) is 9.03. The van der Waals surface area contributed by atoms with Gasteiger partial charge in [0.15, 0.2) is 6.10 Å². The minimum atomic E-state index is -4.49. The molecule has 0 amide bonds. The predicted molar refractivity (Wildman–Crippen MR) is 85.8 cm³/mol. The zero-order chi connectivity index (χ0) is 19.3. The highest BCUT2D eigenvalue weighted by molar-refractivity contribution is 7.12. The van der Waals surface area contributed by atoms with Gasteiger partial charge in [-0.25, -0.2) is 4.79 Å². The van der Waals surface area contributed by atoms with Gasteiger partial charge in [-0.15, -0.1) is 11.3 Å². The smallest absolute Gasteiger partial charge is 0.425 e. The summed E-state index contributed by atoms with van der Waals surface area (Å²) >= 11 is 0.601. The van der Waals surface area contributed by atoms with Gasteiger partial charge in [-0.3, -0.25) is 4.90 Å². The Labute approximate surface area is 151 Å². The number of carboxylic acids is 1. The average molecular weight is 395 g/mol. The van der Waals surface area contributed by atoms with Crippen LogP contribution in [0.25, 0.3) is 0 Å². The van der Waals surface area contributed by atoms with Crippen LogP contribution in [0.1, 0.15) is 41.2 Å². The fourth-order valence-corrected chi connectivity index (χ4v) is 4.97. The van der Waals surface area contributed by atoms with E-state index in [2.05, 4.69) is 0 Å². The fourth-order valence-electron chi connectivity index (χ4n) is 3.70. The fraction of sp³-hybridized carbons (Fsp3) is 0.688. The summed E-state index contributed by atoms with van der Waals surface area (Å²) in [5.41, 5.74) is -0.660. The maximum atomic E-state index is 13.1. The number of rotatable bonds is 3. The number of thiophene rings is 1. The predicted octanol–water partition coefficient (Wildman–Crippen LogP) is 1.96. The zero-order valence-corrected chi connectivity index (χ0v) is 14.8. The molecular weight excluding hydrogens is 375 g/mol. The molecule has 3 N–H and O–H groups in total. The highest BCUT2D eigenvalue weighted by Crippen LogP contribution is 2.51. The van der Waals surface area contributed by atoms with Gasteiger partial charge < -0.3 is 20.1 Å². The van der Waals surface area contributed by atoms with Crippen LogP contribution >= 0.6 is 11.3 Å². The van der Waals surface area contributed by atoms with Gasteiger partial charge >= 0.3 is 12.1 Å². The molecule has 0 bridgehead atoms. The summed E-state index contributed by atoms with van der Waals surface area (Å²) in [4.78, 5) is 12.3. The third-order valence-corrected chi connectivity index (χ3v) is 6.46. The molecule has 6 nitrogen and oxygen atoms in total. The van der Waals surface area contributed by atoms with E-state index in [1.807, 2.05) is 6.92 Å². The van der Waals surface area contributed by atoms with E-state index in [1.165, 1.54) is 0 Å². The molecule has 3 heterocycles. The molecule has 0 radical (unpaired) electrons. The van der Waals surface area contributed by atoms with E-state index in [1.54, 1.807) is 4.90 Å². The number of carbonyl (C=O) groups is 1. The summed E-state index contributed by atoms with van der Waals surface area (Å²) in [7, 11) is 0. The van der Waals surface area contributed by atoms with Crippen LogP contribution < -0.4 is 0 Å². The lowest BCUT2D eigenvalue weighted by Gasteiger charge is -2.47. The highest BCUT2D eigenvalue weighted by atomic mass is 32.1. The number of alkyl halides is 3. The van der Waals surface area contributed by atoms with Crippen molar-refractivity contribution >= 4 is 17.3 Å². The number of halogens is 3. The Bertz CT molecular complexity index is 694. The number of aliphatic hydroxyl groups excluding tert-OH is 2. The molecule has 1 unspecified atom stereocenters. The van der Waals surface area contributed by atoms with Crippen molar-refractivity contribution in [2.24, 2.45) is 0 Å². The first-order valence-electron chi connectivity index (χ1n) is 8.22. The lowest BCUT2D eigenvalue weighted by Crippen LogP contribution is -2.53. The minimum absolute atomic E-state index is 0.0553. The molecule has 0 saturated carbocycles. The van der Waals surface area contributed by atoms with Crippen molar-refractivity contribution < 1.29 is 38.0 Å². The average Bonchev–Trinajstić information content (AvgIpc) is 3.01. The molecule has 1 fully saturated rings. The molecule has 1 spiro atoms. The SMILES string of the molecule is C[C@H]1C[C@@]2(CCN1CC(O)C(=O)O)OC[C@@H](O)c1cc(C(F)(F)F)sc12. The number of aliphatic hydroxyl groups is 2. The topological polar surface area (TPSA) is 90.2 Å². The van der Waals surface area contributed by atoms with Gasteiger partial charge in [0.1, 0.15) is 16.6 Å². The van der Waals surface area contributed by atoms with E-state index < -0.39 is 34.8 Å². The number of likely N-dealkylation sites (tertiary alicyclic amines) is 1. The van der Waals surface area contributed by atoms with E-state index >= 15 is 0 Å². The van der Waals surface area contributed by atoms with Crippen LogP contribution in [0.5, 0.6) is 0 Å². The molecular formula is C16H20F3NO5S. The number of nitrogens with zero attached hydrogens (tertiary/aromatic N) is 1. The molecule has 10 heteroatoms. The second-order valence-electron chi connectivity index (χ2n) is 6.87. The van der Waals surface area contributed by atoms with Crippen LogP contribution in [-0.4, -0.2) is 58.0 Å². The van der Waals surface area contributed by atoms with Crippen LogP contribution in [0.3, 0.4) is 0 Å². The number of aliphatic carboxylic acids is 1. The summed E-state index contributed by atoms with van der Waals surface area (Å²) in [6.45, 7) is 2.06. The van der Waals surface area contributed by atoms with Crippen molar-refractivity contribution in [1.82, 2.24) is 4.90 Å². The number of fused-ring (bicyclic) bond motifs is 2. The third-order valence-electron chi connectivity index (χ3n) is 5.07. The molecule has 1 saturated heterocycles. The van der Waals surface area contributed by atoms with Crippen molar-refractivity contribution in [2.45, 2.75) is 49.8 Å². The van der Waals surface area contributed by atoms with Crippen molar-refractivity contribution in [3.8, 4) is 0 Å². The number of hydrogen-bond donors (Lipinski definition) is 3. The van der Waals surface area contributed by atoms with Crippen LogP contribution in [0.15, 0.2) is 6.07 Å². The Kier molecular flexibility index (Phi) is 5.08. The van der Waals surface area contributed by atoms with Gasteiger partial charge in [0.05, 0.1) is 6.61 Å². The summed E-state index contributed by atoms with van der Waals surface area (Å²) < 4.78 is 45.2. The summed E-state index contributed by atoms with van der Waals surface area (Å²) in [5.74, 6) is -1.31. The van der Waals surface area contributed by atoms with E-state index in [-0.39, 0.29) is 24.8 Å². The molecule has 2 aliphatic heterocycles. The minimum Gasteiger partial charge on any atom is -0.479 e. The highest BCUT2D eigenvalue weighted by Gasteiger charge is 2.49. The van der Waals surface area contributed by atoms with Crippen LogP contribution in [0, 0.1) is 0 Å². The molecule has 3 rings (SSSR count). The quantitative estimate of drug-likeness (QED) is 0.725. The van der Waals surface area contributed by atoms with Crippen LogP contribution in [-0.2, 0) is 21.3 Å². The third kappa shape index (κ3) is 3.48. The number of β-amino-alcohol motifs (C(OH)–C–C–N with tert-alkyl or cyclic N) is 1. The zero-order valence-electron chi connectivity index (χ0n) is 14.0. The second kappa shape index (κ2) is 6.75. The summed E-state index contributed by atoms with van der Waals surface area (Å²) in [5, 5.41) is 28.5. The van der Waals surface area contributed by atoms with Gasteiger partial charge in [-0.1, -0.05) is 0 Å². The maximum absolute atomic E-state index is 13.1. The Hall–Kier alpha value is -1.20. The molecule has 2 aliphatic rings. The van der Waals surface area contributed by atoms with Gasteiger partial charge in [0, 0.05) is 29.6 Å². The van der Waals surface area contributed by atoms with E-state index in [0.717, 1.165) is 6.07 Å². The first kappa shape index (κ1) is 19.6. The van der Waals surface area contributed by atoms with Crippen molar-refractivity contribution in [3.63, 3.8) is 0 Å². The number of carboxylic acid groups (broad SMARTS) is 1. The molecule has 1 aromatic heterocycles. The molecule has 1 aromatic rings. The molecule has 0 aliphatic carbocycles. The number of piperidine rings is 1. The first-order chi connectivity index (χ1) is 12.0. The molecule has 0 aromatic carbocycles. The van der Waals surface area contributed by atoms with Gasteiger partial charge in [-0.2, -0.15) is 13.2 Å². The van der Waals surface area contributed by atoms with Gasteiger partial charge in [-0.05, 0) is 25.8 Å². The van der Waals surface area contributed by atoms with Crippen molar-refractivity contribution in [1.29, 1.82) is 0 Å². The second-order valence-corrected chi connectivity index (χ2v) is 7.92. The lowest BCUT2D eigenvalue weighted by molar-refractivity contribution is -0.153. The van der Waals surface area contributed by atoms with Crippen LogP contribution in [0.4, 0.5) is 13.2 Å². The van der Waals surface area contributed by atoms with Gasteiger partial charge in [0.2, 0.25) is 0 Å². The monoisotopic (exact) mass is 395 g/mol. The lowest BCUT2D eigenvalue weighted by atomic mass is 9.81. The molecule has 26 heavy (non-hydrogen) atoms. The van der Waals surface area contributed by atoms with Crippen LogP contribution in [0.2, 0.25) is 0 Å². The Morgan fingerprint density at radius 2 is 2.23 bits per heavy atom. The number of ether oxygens (including phenoxy) is 1. The number of hydrogen-bond acceptors (Lipinski definition) is 6. The normalized spacial score (nSPS) is 31.0. The Balaban J connectivity index is 1.86. The Morgan fingerprint density at radius 3 is 2.81 bits per heavy atom. The summed E-state index contributed by atoms with van der Waals surface area (Å²) in [6.07, 6.45) is -6.38. The molecule has 4 atom stereocenters. The van der Waals surface area contributed by atoms with E-state index in [4.69, 9.17) is 9.84 Å². The maximum Gasteiger partial charge on any atom is 0.425 e. The Morgan fingerprint density at radius 1 is 1.54 bits per heavy atom. The van der Waals surface area contributed by atoms with Gasteiger partial charge in [0.25, 0.3) is 0 Å². The van der Waals surface area contributed by atoms with Crippen molar-refractivity contribution in [3.05, 3.63) is 21.4 Å². The standard InChI is InChI=1S/C16H20F3NO5S/c1-8-5-15(2-3-20(8)6-10(21)14(23)24)13-9(11(22)7-25-15)4-12(26-13)16(17,18)19/h4,8,10-11,21-22H,2-3,5-7H2,1H3,(H,23,24)/t8-,10?,11+,15+/m0/s1. The van der Waals surface area contributed by atoms with Crippen molar-refractivity contribution in [2.75, 3.05) is 19.7 Å². The largest absolute Gasteiger partial charge is 0.479 e. The molecule has 146 valence electrons.